The maximum Gasteiger partial charge on any atom is 0.308 e. The third-order valence-electron chi connectivity index (χ3n) is 2.40. The third kappa shape index (κ3) is 3.93. The summed E-state index contributed by atoms with van der Waals surface area (Å²) < 4.78 is 39.6. The first-order valence-electron chi connectivity index (χ1n) is 5.56. The Morgan fingerprint density at radius 3 is 2.67 bits per heavy atom. The van der Waals surface area contributed by atoms with E-state index in [2.05, 4.69) is 4.72 Å². The molecule has 1 aromatic carbocycles. The normalized spacial score (nSPS) is 11.3. The molecule has 1 aromatic heterocycles. The molecule has 0 atom stereocenters. The molecule has 2 N–H and O–H groups in total. The highest BCUT2D eigenvalue weighted by atomic mass is 35.5. The standard InChI is InChI=1S/C12H9ClFNO4S2/c13-9-3-1-7(5-10(9)14)15-21(18,19)12-4-2-8(20-12)6-11(16)17/h1-5,15H,6H2,(H,16,17). The van der Waals surface area contributed by atoms with Crippen molar-refractivity contribution in [2.24, 2.45) is 0 Å². The van der Waals surface area contributed by atoms with Crippen LogP contribution in [0.25, 0.3) is 0 Å². The number of hydrogen-bond acceptors (Lipinski definition) is 4. The summed E-state index contributed by atoms with van der Waals surface area (Å²) in [4.78, 5) is 11.0. The van der Waals surface area contributed by atoms with Crippen molar-refractivity contribution in [3.8, 4) is 0 Å². The van der Waals surface area contributed by atoms with E-state index in [0.29, 0.717) is 4.88 Å². The highest BCUT2D eigenvalue weighted by Gasteiger charge is 2.18. The van der Waals surface area contributed by atoms with E-state index < -0.39 is 21.8 Å². The van der Waals surface area contributed by atoms with Gasteiger partial charge in [0.1, 0.15) is 10.0 Å². The van der Waals surface area contributed by atoms with Crippen LogP contribution in [0.15, 0.2) is 34.5 Å². The summed E-state index contributed by atoms with van der Waals surface area (Å²) in [5, 5.41) is 8.54. The van der Waals surface area contributed by atoms with Gasteiger partial charge < -0.3 is 5.11 Å². The number of carboxylic acids is 1. The van der Waals surface area contributed by atoms with E-state index in [9.17, 15) is 17.6 Å². The van der Waals surface area contributed by atoms with Crippen LogP contribution in [-0.4, -0.2) is 19.5 Å². The van der Waals surface area contributed by atoms with Gasteiger partial charge in [0.05, 0.1) is 17.1 Å². The molecule has 0 aliphatic rings. The molecule has 0 aliphatic heterocycles. The highest BCUT2D eigenvalue weighted by Crippen LogP contribution is 2.26. The number of anilines is 1. The minimum absolute atomic E-state index is 0.0325. The Kier molecular flexibility index (Phi) is 4.50. The Balaban J connectivity index is 2.23. The largest absolute Gasteiger partial charge is 0.481 e. The maximum atomic E-state index is 13.3. The molecule has 0 spiro atoms. The Labute approximate surface area is 129 Å². The molecule has 0 saturated heterocycles. The molecule has 21 heavy (non-hydrogen) atoms. The van der Waals surface area contributed by atoms with Gasteiger partial charge in [0.25, 0.3) is 10.0 Å². The van der Waals surface area contributed by atoms with Crippen LogP contribution < -0.4 is 4.72 Å². The van der Waals surface area contributed by atoms with E-state index in [4.69, 9.17) is 16.7 Å². The van der Waals surface area contributed by atoms with Crippen LogP contribution in [0, 0.1) is 5.82 Å². The molecule has 2 rings (SSSR count). The fourth-order valence-corrected chi connectivity index (χ4v) is 4.03. The number of nitrogens with one attached hydrogen (secondary N) is 1. The third-order valence-corrected chi connectivity index (χ3v) is 5.66. The van der Waals surface area contributed by atoms with E-state index in [1.54, 1.807) is 0 Å². The highest BCUT2D eigenvalue weighted by molar-refractivity contribution is 7.94. The van der Waals surface area contributed by atoms with Gasteiger partial charge in [0, 0.05) is 4.88 Å². The summed E-state index contributed by atoms with van der Waals surface area (Å²) in [7, 11) is -3.89. The molecule has 0 amide bonds. The summed E-state index contributed by atoms with van der Waals surface area (Å²) in [6, 6.07) is 6.26. The lowest BCUT2D eigenvalue weighted by atomic mass is 10.3. The quantitative estimate of drug-likeness (QED) is 0.869. The van der Waals surface area contributed by atoms with E-state index in [-0.39, 0.29) is 21.3 Å². The zero-order valence-electron chi connectivity index (χ0n) is 10.3. The number of halogens is 2. The number of sulfonamides is 1. The number of thiophene rings is 1. The molecule has 2 aromatic rings. The number of carbonyl (C=O) groups is 1. The van der Waals surface area contributed by atoms with Crippen molar-refractivity contribution in [3.63, 3.8) is 0 Å². The van der Waals surface area contributed by atoms with Crippen molar-refractivity contribution in [3.05, 3.63) is 46.0 Å². The van der Waals surface area contributed by atoms with Crippen molar-refractivity contribution >= 4 is 44.6 Å². The lowest BCUT2D eigenvalue weighted by molar-refractivity contribution is -0.136. The summed E-state index contributed by atoms with van der Waals surface area (Å²) in [5.74, 6) is -1.79. The van der Waals surface area contributed by atoms with E-state index in [1.165, 1.54) is 24.3 Å². The fourth-order valence-electron chi connectivity index (χ4n) is 1.51. The van der Waals surface area contributed by atoms with Crippen molar-refractivity contribution in [1.29, 1.82) is 0 Å². The second-order valence-electron chi connectivity index (χ2n) is 4.03. The molecule has 9 heteroatoms. The molecule has 1 heterocycles. The van der Waals surface area contributed by atoms with Crippen molar-refractivity contribution in [2.45, 2.75) is 10.6 Å². The summed E-state index contributed by atoms with van der Waals surface area (Å²) in [6.07, 6.45) is -0.254. The average molecular weight is 350 g/mol. The van der Waals surface area contributed by atoms with Gasteiger partial charge in [-0.2, -0.15) is 0 Å². The van der Waals surface area contributed by atoms with Crippen LogP contribution in [0.4, 0.5) is 10.1 Å². The predicted octanol–water partition coefficient (Wildman–Crippen LogP) is 2.97. The first-order chi connectivity index (χ1) is 9.78. The lowest BCUT2D eigenvalue weighted by Crippen LogP contribution is -2.11. The van der Waals surface area contributed by atoms with Crippen molar-refractivity contribution < 1.29 is 22.7 Å². The van der Waals surface area contributed by atoms with Gasteiger partial charge in [0.15, 0.2) is 0 Å². The fraction of sp³-hybridized carbons (Fsp3) is 0.0833. The van der Waals surface area contributed by atoms with E-state index >= 15 is 0 Å². The first-order valence-corrected chi connectivity index (χ1v) is 8.24. The van der Waals surface area contributed by atoms with E-state index in [1.807, 2.05) is 0 Å². The smallest absolute Gasteiger partial charge is 0.308 e. The van der Waals surface area contributed by atoms with Crippen LogP contribution in [0.1, 0.15) is 4.88 Å². The number of aliphatic carboxylic acids is 1. The maximum absolute atomic E-state index is 13.3. The van der Waals surface area contributed by atoms with Crippen LogP contribution in [-0.2, 0) is 21.2 Å². The van der Waals surface area contributed by atoms with Gasteiger partial charge in [-0.15, -0.1) is 11.3 Å². The Morgan fingerprint density at radius 2 is 2.05 bits per heavy atom. The van der Waals surface area contributed by atoms with Crippen molar-refractivity contribution in [2.75, 3.05) is 4.72 Å². The molecule has 5 nitrogen and oxygen atoms in total. The zero-order valence-corrected chi connectivity index (χ0v) is 12.7. The monoisotopic (exact) mass is 349 g/mol. The van der Waals surface area contributed by atoms with Gasteiger partial charge in [-0.05, 0) is 30.3 Å². The second kappa shape index (κ2) is 6.00. The van der Waals surface area contributed by atoms with Gasteiger partial charge in [-0.25, -0.2) is 12.8 Å². The number of rotatable bonds is 5. The molecule has 0 fully saturated rings. The second-order valence-corrected chi connectivity index (χ2v) is 7.51. The minimum Gasteiger partial charge on any atom is -0.481 e. The Morgan fingerprint density at radius 1 is 1.33 bits per heavy atom. The molecular formula is C12H9ClFNO4S2. The molecule has 0 aliphatic carbocycles. The van der Waals surface area contributed by atoms with Crippen molar-refractivity contribution in [1.82, 2.24) is 0 Å². The molecule has 0 saturated carbocycles. The van der Waals surface area contributed by atoms with Gasteiger partial charge in [0.2, 0.25) is 0 Å². The zero-order chi connectivity index (χ0) is 15.6. The molecular weight excluding hydrogens is 341 g/mol. The summed E-state index contributed by atoms with van der Waals surface area (Å²) >= 11 is 6.36. The van der Waals surface area contributed by atoms with Gasteiger partial charge in [-0.1, -0.05) is 11.6 Å². The average Bonchev–Trinajstić information content (AvgIpc) is 2.82. The summed E-state index contributed by atoms with van der Waals surface area (Å²) in [5.41, 5.74) is 0.0325. The predicted molar refractivity (Wildman–Crippen MR) is 77.9 cm³/mol. The van der Waals surface area contributed by atoms with Crippen LogP contribution in [0.3, 0.4) is 0 Å². The van der Waals surface area contributed by atoms with Gasteiger partial charge in [-0.3, -0.25) is 9.52 Å². The lowest BCUT2D eigenvalue weighted by Gasteiger charge is -2.06. The topological polar surface area (TPSA) is 83.5 Å². The SMILES string of the molecule is O=C(O)Cc1ccc(S(=O)(=O)Nc2ccc(Cl)c(F)c2)s1. The van der Waals surface area contributed by atoms with Crippen LogP contribution in [0.2, 0.25) is 5.02 Å². The Hall–Kier alpha value is -1.64. The first kappa shape index (κ1) is 15.7. The molecule has 0 bridgehead atoms. The number of benzene rings is 1. The number of hydrogen-bond donors (Lipinski definition) is 2. The van der Waals surface area contributed by atoms with Crippen LogP contribution in [0.5, 0.6) is 0 Å². The summed E-state index contributed by atoms with van der Waals surface area (Å²) in [6.45, 7) is 0. The molecule has 0 radical (unpaired) electrons. The van der Waals surface area contributed by atoms with Crippen LogP contribution >= 0.6 is 22.9 Å². The van der Waals surface area contributed by atoms with Gasteiger partial charge >= 0.3 is 5.97 Å². The molecule has 0 unspecified atom stereocenters. The minimum atomic E-state index is -3.89. The Bertz CT molecular complexity index is 788. The molecule has 112 valence electrons. The van der Waals surface area contributed by atoms with E-state index in [0.717, 1.165) is 17.4 Å². The number of carboxylic acid groups (broad SMARTS) is 1.